The fourth-order valence-corrected chi connectivity index (χ4v) is 5.81. The number of ether oxygens (including phenoxy) is 1. The molecule has 1 saturated heterocycles. The summed E-state index contributed by atoms with van der Waals surface area (Å²) in [7, 11) is -0.976. The van der Waals surface area contributed by atoms with Gasteiger partial charge in [0.15, 0.2) is 0 Å². The maximum Gasteiger partial charge on any atom is 0.306 e. The quantitative estimate of drug-likeness (QED) is 0.517. The topological polar surface area (TPSA) is 83.9 Å². The summed E-state index contributed by atoms with van der Waals surface area (Å²) in [6.45, 7) is 2.17. The fraction of sp³-hybridized carbons (Fsp3) is 0.440. The molecule has 1 saturated carbocycles. The molecule has 34 heavy (non-hydrogen) atoms. The van der Waals surface area contributed by atoms with Crippen LogP contribution in [0, 0.1) is 0 Å². The van der Waals surface area contributed by atoms with Gasteiger partial charge in [0, 0.05) is 37.9 Å². The lowest BCUT2D eigenvalue weighted by atomic mass is 9.99. The van der Waals surface area contributed by atoms with Crippen molar-refractivity contribution in [3.8, 4) is 0 Å². The molecule has 2 aromatic rings. The third-order valence-electron chi connectivity index (χ3n) is 5.79. The number of hydrogen-bond acceptors (Lipinski definition) is 4. The number of nitrogens with zero attached hydrogens (tertiary/aromatic N) is 1. The summed E-state index contributed by atoms with van der Waals surface area (Å²) in [5.41, 5.74) is 0.872. The summed E-state index contributed by atoms with van der Waals surface area (Å²) < 4.78 is 18.1. The van der Waals surface area contributed by atoms with Crippen LogP contribution in [0.2, 0.25) is 10.0 Å². The van der Waals surface area contributed by atoms with Gasteiger partial charge < -0.3 is 14.7 Å². The Morgan fingerprint density at radius 1 is 1.12 bits per heavy atom. The third-order valence-corrected chi connectivity index (χ3v) is 8.22. The normalized spacial score (nSPS) is 21.9. The van der Waals surface area contributed by atoms with E-state index < -0.39 is 22.9 Å². The molecule has 1 unspecified atom stereocenters. The van der Waals surface area contributed by atoms with E-state index in [9.17, 15) is 13.8 Å². The average molecular weight is 526 g/mol. The van der Waals surface area contributed by atoms with Crippen molar-refractivity contribution in [3.05, 3.63) is 70.2 Å². The van der Waals surface area contributed by atoms with Crippen molar-refractivity contribution in [2.75, 3.05) is 12.4 Å². The van der Waals surface area contributed by atoms with Gasteiger partial charge in [-0.25, -0.2) is 0 Å². The van der Waals surface area contributed by atoms with Crippen LogP contribution in [0.5, 0.6) is 0 Å². The second-order valence-electron chi connectivity index (χ2n) is 8.34. The highest BCUT2D eigenvalue weighted by molar-refractivity contribution is 7.86. The largest absolute Gasteiger partial charge is 0.481 e. The van der Waals surface area contributed by atoms with Crippen molar-refractivity contribution in [1.29, 1.82) is 0 Å². The Morgan fingerprint density at radius 2 is 1.74 bits per heavy atom. The lowest BCUT2D eigenvalue weighted by Gasteiger charge is -2.43. The Hall–Kier alpha value is -1.93. The van der Waals surface area contributed by atoms with Crippen LogP contribution in [0.3, 0.4) is 0 Å². The van der Waals surface area contributed by atoms with Crippen molar-refractivity contribution >= 4 is 45.9 Å². The van der Waals surface area contributed by atoms with Gasteiger partial charge in [0.25, 0.3) is 5.91 Å². The number of aliphatic carboxylic acids is 1. The summed E-state index contributed by atoms with van der Waals surface area (Å²) in [6, 6.07) is 16.1. The molecular formula is C25H29Cl2NO5S. The molecule has 1 amide bonds. The second-order valence-corrected chi connectivity index (χ2v) is 11.0. The molecule has 2 aromatic carbocycles. The average Bonchev–Trinajstić information content (AvgIpc) is 3.66. The predicted molar refractivity (Wildman–Crippen MR) is 135 cm³/mol. The summed E-state index contributed by atoms with van der Waals surface area (Å²) >= 11 is 11.5. The highest BCUT2D eigenvalue weighted by Gasteiger charge is 2.42. The molecule has 1 aliphatic heterocycles. The van der Waals surface area contributed by atoms with Crippen LogP contribution in [-0.4, -0.2) is 55.8 Å². The molecule has 9 heteroatoms. The van der Waals surface area contributed by atoms with Gasteiger partial charge in [-0.3, -0.25) is 13.8 Å². The molecule has 1 heterocycles. The second kappa shape index (κ2) is 12.7. The number of hydrogen-bond donors (Lipinski definition) is 1. The van der Waals surface area contributed by atoms with Gasteiger partial charge in [0.1, 0.15) is 6.10 Å². The van der Waals surface area contributed by atoms with Gasteiger partial charge in [-0.2, -0.15) is 0 Å². The van der Waals surface area contributed by atoms with Crippen molar-refractivity contribution in [2.45, 2.75) is 56.0 Å². The van der Waals surface area contributed by atoms with Crippen molar-refractivity contribution in [2.24, 2.45) is 0 Å². The van der Waals surface area contributed by atoms with Crippen molar-refractivity contribution in [3.63, 3.8) is 0 Å². The highest BCUT2D eigenvalue weighted by atomic mass is 35.5. The zero-order valence-electron chi connectivity index (χ0n) is 18.9. The van der Waals surface area contributed by atoms with Crippen LogP contribution in [-0.2, 0) is 25.1 Å². The summed E-state index contributed by atoms with van der Waals surface area (Å²) in [5, 5.41) is 10.7. The molecule has 2 fully saturated rings. The molecule has 6 nitrogen and oxygen atoms in total. The molecule has 184 valence electrons. The van der Waals surface area contributed by atoms with E-state index in [2.05, 4.69) is 0 Å². The standard InChI is InChI=1S/C19H24ClNO5S.C6H5Cl/c1-2-14(11-27(25)15-7-8-15)21-16(12-3-5-13(20)6-4-12)10-26-17(19(21)24)9-18(22)23;7-6-4-2-1-3-5-6/h3-6,14-17H,2,7-11H2,1H3,(H,22,23);1-5H/t14-,16-,17+,27?;/m0./s1. The summed E-state index contributed by atoms with van der Waals surface area (Å²) in [6.07, 6.45) is 1.22. The maximum absolute atomic E-state index is 13.1. The molecule has 4 rings (SSSR count). The van der Waals surface area contributed by atoms with Crippen LogP contribution in [0.4, 0.5) is 0 Å². The number of halogens is 2. The van der Waals surface area contributed by atoms with E-state index in [0.717, 1.165) is 23.4 Å². The smallest absolute Gasteiger partial charge is 0.306 e. The Kier molecular flexibility index (Phi) is 9.95. The Bertz CT molecular complexity index is 985. The van der Waals surface area contributed by atoms with Crippen LogP contribution in [0.1, 0.15) is 44.2 Å². The van der Waals surface area contributed by atoms with E-state index in [4.69, 9.17) is 33.0 Å². The monoisotopic (exact) mass is 525 g/mol. The van der Waals surface area contributed by atoms with Crippen LogP contribution in [0.15, 0.2) is 54.6 Å². The maximum atomic E-state index is 13.1. The lowest BCUT2D eigenvalue weighted by Crippen LogP contribution is -2.55. The molecular weight excluding hydrogens is 497 g/mol. The minimum Gasteiger partial charge on any atom is -0.481 e. The number of carboxylic acid groups (broad SMARTS) is 1. The van der Waals surface area contributed by atoms with E-state index in [-0.39, 0.29) is 36.3 Å². The van der Waals surface area contributed by atoms with Gasteiger partial charge in [-0.1, -0.05) is 60.5 Å². The SMILES string of the molecule is CC[C@@H](CS(=O)C1CC1)N1C(=O)[C@@H](CC(=O)O)OC[C@H]1c1ccc(Cl)cc1.Clc1ccccc1. The van der Waals surface area contributed by atoms with Gasteiger partial charge in [0.2, 0.25) is 0 Å². The molecule has 2 aliphatic rings. The predicted octanol–water partition coefficient (Wildman–Crippen LogP) is 5.11. The summed E-state index contributed by atoms with van der Waals surface area (Å²) in [5.74, 6) is -1.01. The van der Waals surface area contributed by atoms with Crippen molar-refractivity contribution < 1.29 is 23.6 Å². The molecule has 0 radical (unpaired) electrons. The first-order chi connectivity index (χ1) is 16.3. The van der Waals surface area contributed by atoms with Crippen molar-refractivity contribution in [1.82, 2.24) is 4.90 Å². The van der Waals surface area contributed by atoms with Crippen LogP contribution >= 0.6 is 23.2 Å². The first kappa shape index (κ1) is 26.7. The van der Waals surface area contributed by atoms with Gasteiger partial charge in [0.05, 0.1) is 19.1 Å². The zero-order chi connectivity index (χ0) is 24.7. The zero-order valence-corrected chi connectivity index (χ0v) is 21.3. The Morgan fingerprint density at radius 3 is 2.24 bits per heavy atom. The molecule has 1 aliphatic carbocycles. The van der Waals surface area contributed by atoms with E-state index in [1.165, 1.54) is 0 Å². The van der Waals surface area contributed by atoms with E-state index in [0.29, 0.717) is 17.2 Å². The minimum atomic E-state index is -1.08. The van der Waals surface area contributed by atoms with E-state index in [1.54, 1.807) is 17.0 Å². The lowest BCUT2D eigenvalue weighted by molar-refractivity contribution is -0.168. The number of morpholine rings is 1. The Balaban J connectivity index is 0.000000396. The fourth-order valence-electron chi connectivity index (χ4n) is 3.83. The summed E-state index contributed by atoms with van der Waals surface area (Å²) in [4.78, 5) is 25.9. The Labute approximate surface area is 212 Å². The van der Waals surface area contributed by atoms with Crippen LogP contribution < -0.4 is 0 Å². The van der Waals surface area contributed by atoms with E-state index in [1.807, 2.05) is 49.4 Å². The third kappa shape index (κ3) is 7.54. The number of carbonyl (C=O) groups is 2. The van der Waals surface area contributed by atoms with Crippen LogP contribution in [0.25, 0.3) is 0 Å². The molecule has 0 bridgehead atoms. The number of carbonyl (C=O) groups excluding carboxylic acids is 1. The number of rotatable bonds is 8. The van der Waals surface area contributed by atoms with Gasteiger partial charge in [-0.15, -0.1) is 0 Å². The molecule has 0 spiro atoms. The van der Waals surface area contributed by atoms with E-state index >= 15 is 0 Å². The number of carboxylic acids is 1. The van der Waals surface area contributed by atoms with Gasteiger partial charge in [-0.05, 0) is 49.1 Å². The molecule has 1 N–H and O–H groups in total. The first-order valence-electron chi connectivity index (χ1n) is 11.3. The highest BCUT2D eigenvalue weighted by Crippen LogP contribution is 2.34. The molecule has 0 aromatic heterocycles. The number of benzene rings is 2. The minimum absolute atomic E-state index is 0.206. The number of amides is 1. The molecule has 4 atom stereocenters. The van der Waals surface area contributed by atoms with Gasteiger partial charge >= 0.3 is 5.97 Å². The first-order valence-corrected chi connectivity index (χ1v) is 13.4.